The Morgan fingerprint density at radius 2 is 1.80 bits per heavy atom. The average molecular weight is 202 g/mol. The van der Waals surface area contributed by atoms with Crippen LogP contribution in [0.2, 0.25) is 9.95 Å². The van der Waals surface area contributed by atoms with Gasteiger partial charge in [-0.3, -0.25) is 11.7 Å². The van der Waals surface area contributed by atoms with Gasteiger partial charge in [0.15, 0.2) is 0 Å². The number of azide groups is 1. The van der Waals surface area contributed by atoms with E-state index in [-0.39, 0.29) is 0 Å². The summed E-state index contributed by atoms with van der Waals surface area (Å²) in [6.45, 7) is 4.20. The number of nitrogens with two attached hydrogens (primary N) is 2. The first-order valence-corrected chi connectivity index (χ1v) is 7.73. The number of hydrogen-bond donors (Lipinski definition) is 2. The molecule has 4 N–H and O–H groups in total. The largest absolute Gasteiger partial charge is 0.274 e. The summed E-state index contributed by atoms with van der Waals surface area (Å²) in [6, 6.07) is 0. The number of nitrogens with zero attached hydrogens (tertiary/aromatic N) is 3. The number of rotatable bonds is 3. The van der Waals surface area contributed by atoms with Gasteiger partial charge in [-0.1, -0.05) is 0 Å². The van der Waals surface area contributed by atoms with Crippen molar-refractivity contribution in [3.8, 4) is 0 Å². The molecule has 10 heavy (non-hydrogen) atoms. The van der Waals surface area contributed by atoms with E-state index in [0.717, 1.165) is 9.95 Å². The van der Waals surface area contributed by atoms with Crippen LogP contribution in [-0.2, 0) is 0 Å². The van der Waals surface area contributed by atoms with E-state index >= 15 is 0 Å². The third-order valence-electron chi connectivity index (χ3n) is 1.16. The molecule has 0 aliphatic rings. The van der Waals surface area contributed by atoms with Crippen LogP contribution in [-0.4, -0.2) is 16.5 Å². The Labute approximate surface area is 66.7 Å². The molecule has 0 fully saturated rings. The molecule has 0 aromatic rings. The van der Waals surface area contributed by atoms with E-state index in [4.69, 9.17) is 5.53 Å². The van der Waals surface area contributed by atoms with E-state index in [2.05, 4.69) is 34.3 Å². The fourth-order valence-electron chi connectivity index (χ4n) is 0.525. The molecule has 0 saturated carbocycles. The number of hydrogen-bond acceptors (Lipinski definition) is 3. The van der Waals surface area contributed by atoms with Gasteiger partial charge in [0.1, 0.15) is 0 Å². The van der Waals surface area contributed by atoms with E-state index in [1.165, 1.54) is 0 Å². The summed E-state index contributed by atoms with van der Waals surface area (Å²) in [7, 11) is 0. The maximum absolute atomic E-state index is 8.00. The molecular weight excluding hydrogens is 188 g/mol. The van der Waals surface area contributed by atoms with Crippen molar-refractivity contribution >= 4 is 16.5 Å². The average Bonchev–Trinajstić information content (AvgIpc) is 2.04. The second-order valence-electron chi connectivity index (χ2n) is 1.68. The number of hydrazine groups is 1. The zero-order valence-electron chi connectivity index (χ0n) is 6.49. The van der Waals surface area contributed by atoms with Crippen molar-refractivity contribution < 1.29 is 0 Å². The smallest absolute Gasteiger partial charge is 0.274 e. The molecule has 0 amide bonds. The van der Waals surface area contributed by atoms with Crippen LogP contribution in [0.1, 0.15) is 13.8 Å². The summed E-state index contributed by atoms with van der Waals surface area (Å²) < 4.78 is 3.73. The molecule has 0 unspecified atom stereocenters. The SMILES string of the molecule is C[CH2][Ga]([CH2]C)[N]=[N+]=[N-].NN. The van der Waals surface area contributed by atoms with E-state index in [1.807, 2.05) is 0 Å². The second kappa shape index (κ2) is 11.6. The molecule has 0 radical (unpaired) electrons. The molecule has 0 atom stereocenters. The van der Waals surface area contributed by atoms with E-state index in [9.17, 15) is 0 Å². The molecule has 0 aliphatic carbocycles. The summed E-state index contributed by atoms with van der Waals surface area (Å²) in [6.07, 6.45) is 0. The van der Waals surface area contributed by atoms with Crippen LogP contribution < -0.4 is 11.7 Å². The van der Waals surface area contributed by atoms with E-state index in [1.54, 1.807) is 0 Å². The molecule has 5 nitrogen and oxygen atoms in total. The van der Waals surface area contributed by atoms with Crippen LogP contribution in [0.5, 0.6) is 0 Å². The quantitative estimate of drug-likeness (QED) is 0.179. The maximum atomic E-state index is 8.00. The summed E-state index contributed by atoms with van der Waals surface area (Å²) >= 11 is -1.40. The zero-order valence-corrected chi connectivity index (χ0v) is 8.91. The summed E-state index contributed by atoms with van der Waals surface area (Å²) in [5, 5.41) is 0. The van der Waals surface area contributed by atoms with Gasteiger partial charge in [-0.2, -0.15) is 0 Å². The van der Waals surface area contributed by atoms with Crippen molar-refractivity contribution in [2.75, 3.05) is 0 Å². The fourth-order valence-corrected chi connectivity index (χ4v) is 2.73. The molecule has 58 valence electrons. The van der Waals surface area contributed by atoms with Crippen LogP contribution >= 0.6 is 0 Å². The Morgan fingerprint density at radius 3 is 1.90 bits per heavy atom. The van der Waals surface area contributed by atoms with Crippen LogP contribution in [0.4, 0.5) is 0 Å². The predicted octanol–water partition coefficient (Wildman–Crippen LogP) is 1.15. The normalized spacial score (nSPS) is 6.80. The summed E-state index contributed by atoms with van der Waals surface area (Å²) in [5.41, 5.74) is 8.00. The van der Waals surface area contributed by atoms with Crippen molar-refractivity contribution in [3.63, 3.8) is 0 Å². The molecule has 0 spiro atoms. The Hall–Kier alpha value is -0.134. The standard InChI is InChI=1S/2C2H5.Ga.N3.H4N2/c2*1-2;;1-3-2;1-2/h2*1H2,2H3;;;1-2H2/q;;+1;-1;. The van der Waals surface area contributed by atoms with Gasteiger partial charge >= 0.3 is 54.5 Å². The summed E-state index contributed by atoms with van der Waals surface area (Å²) in [5.74, 6) is 8.00. The van der Waals surface area contributed by atoms with Crippen molar-refractivity contribution in [3.05, 3.63) is 10.4 Å². The predicted molar refractivity (Wildman–Crippen MR) is 44.2 cm³/mol. The Balaban J connectivity index is 0. The molecule has 0 rings (SSSR count). The molecule has 0 bridgehead atoms. The van der Waals surface area contributed by atoms with Crippen LogP contribution in [0.3, 0.4) is 0 Å². The third-order valence-corrected chi connectivity index (χ3v) is 6.01. The van der Waals surface area contributed by atoms with Gasteiger partial charge in [0.05, 0.1) is 0 Å². The molecule has 0 heterocycles. The van der Waals surface area contributed by atoms with Gasteiger partial charge in [0.25, 0.3) is 0 Å². The first kappa shape index (κ1) is 12.5. The van der Waals surface area contributed by atoms with Crippen LogP contribution in [0, 0.1) is 0 Å². The van der Waals surface area contributed by atoms with Gasteiger partial charge in [-0.25, -0.2) is 0 Å². The minimum atomic E-state index is -1.40. The van der Waals surface area contributed by atoms with Crippen molar-refractivity contribution in [1.82, 2.24) is 0 Å². The van der Waals surface area contributed by atoms with Gasteiger partial charge in [0.2, 0.25) is 0 Å². The monoisotopic (exact) mass is 201 g/mol. The topological polar surface area (TPSA) is 101 Å². The first-order valence-electron chi connectivity index (χ1n) is 3.22. The van der Waals surface area contributed by atoms with Crippen molar-refractivity contribution in [2.45, 2.75) is 23.8 Å². The fraction of sp³-hybridized carbons (Fsp3) is 1.00. The van der Waals surface area contributed by atoms with Crippen molar-refractivity contribution in [2.24, 2.45) is 15.5 Å². The van der Waals surface area contributed by atoms with E-state index in [0.29, 0.717) is 0 Å². The second-order valence-corrected chi connectivity index (χ2v) is 8.33. The van der Waals surface area contributed by atoms with Gasteiger partial charge in [-0.05, 0) is 0 Å². The van der Waals surface area contributed by atoms with Crippen molar-refractivity contribution in [1.29, 1.82) is 0 Å². The van der Waals surface area contributed by atoms with E-state index < -0.39 is 16.5 Å². The minimum Gasteiger partial charge on any atom is -0.274 e. The molecule has 0 aromatic carbocycles. The molecule has 0 saturated heterocycles. The minimum absolute atomic E-state index is 1.13. The van der Waals surface area contributed by atoms with Crippen LogP contribution in [0.25, 0.3) is 10.4 Å². The maximum Gasteiger partial charge on any atom is -0.274 e. The van der Waals surface area contributed by atoms with Crippen LogP contribution in [0.15, 0.2) is 3.82 Å². The van der Waals surface area contributed by atoms with Gasteiger partial charge < -0.3 is 0 Å². The first-order chi connectivity index (χ1) is 4.85. The Morgan fingerprint density at radius 1 is 1.40 bits per heavy atom. The molecule has 6 heteroatoms. The molecule has 0 aliphatic heterocycles. The Bertz CT molecular complexity index is 95.8. The summed E-state index contributed by atoms with van der Waals surface area (Å²) in [4.78, 5) is 5.05. The Kier molecular flexibility index (Phi) is 14.6. The molecule has 0 aromatic heterocycles. The van der Waals surface area contributed by atoms with Gasteiger partial charge in [-0.15, -0.1) is 0 Å². The van der Waals surface area contributed by atoms with Gasteiger partial charge in [0, 0.05) is 0 Å². The third kappa shape index (κ3) is 7.87. The zero-order chi connectivity index (χ0) is 8.41. The molecular formula is C4H14GaN5.